The van der Waals surface area contributed by atoms with E-state index in [0.717, 1.165) is 17.8 Å². The summed E-state index contributed by atoms with van der Waals surface area (Å²) < 4.78 is 2.76. The van der Waals surface area contributed by atoms with Crippen molar-refractivity contribution in [3.05, 3.63) is 35.1 Å². The van der Waals surface area contributed by atoms with Crippen molar-refractivity contribution in [3.63, 3.8) is 0 Å². The second-order valence-electron chi connectivity index (χ2n) is 3.85. The monoisotopic (exact) mass is 233 g/mol. The van der Waals surface area contributed by atoms with Crippen molar-refractivity contribution in [1.29, 1.82) is 0 Å². The van der Waals surface area contributed by atoms with Crippen molar-refractivity contribution in [2.45, 2.75) is 26.3 Å². The van der Waals surface area contributed by atoms with E-state index < -0.39 is 0 Å². The molecule has 0 amide bonds. The van der Waals surface area contributed by atoms with E-state index in [1.165, 1.54) is 0 Å². The van der Waals surface area contributed by atoms with E-state index in [1.807, 2.05) is 30.3 Å². The zero-order valence-electron chi connectivity index (χ0n) is 9.47. The van der Waals surface area contributed by atoms with Gasteiger partial charge in [-0.1, -0.05) is 37.3 Å². The molecule has 0 aliphatic carbocycles. The van der Waals surface area contributed by atoms with Gasteiger partial charge in [0, 0.05) is 11.6 Å². The molecule has 1 heterocycles. The third-order valence-electron chi connectivity index (χ3n) is 2.77. The summed E-state index contributed by atoms with van der Waals surface area (Å²) in [6.07, 6.45) is 1.04. The van der Waals surface area contributed by atoms with Crippen LogP contribution in [-0.2, 0) is 0 Å². The number of rotatable bonds is 3. The number of benzene rings is 1. The molecule has 0 aliphatic rings. The van der Waals surface area contributed by atoms with Crippen LogP contribution in [0.5, 0.6) is 0 Å². The average Bonchev–Trinajstić information content (AvgIpc) is 2.71. The Hall–Kier alpha value is -1.42. The van der Waals surface area contributed by atoms with Crippen molar-refractivity contribution in [2.75, 3.05) is 0 Å². The van der Waals surface area contributed by atoms with Gasteiger partial charge in [0.15, 0.2) is 10.6 Å². The van der Waals surface area contributed by atoms with E-state index >= 15 is 0 Å². The van der Waals surface area contributed by atoms with E-state index in [2.05, 4.69) is 28.6 Å². The van der Waals surface area contributed by atoms with Crippen LogP contribution < -0.4 is 0 Å². The van der Waals surface area contributed by atoms with Crippen LogP contribution in [0.2, 0.25) is 0 Å². The van der Waals surface area contributed by atoms with Gasteiger partial charge < -0.3 is 0 Å². The lowest BCUT2D eigenvalue weighted by molar-refractivity contribution is 0.528. The highest BCUT2D eigenvalue weighted by Crippen LogP contribution is 2.22. The molecule has 1 aromatic carbocycles. The van der Waals surface area contributed by atoms with Crippen LogP contribution in [0.15, 0.2) is 30.3 Å². The van der Waals surface area contributed by atoms with Crippen LogP contribution in [0.4, 0.5) is 0 Å². The first kappa shape index (κ1) is 11.1. The lowest BCUT2D eigenvalue weighted by Gasteiger charge is -2.13. The summed E-state index contributed by atoms with van der Waals surface area (Å²) in [7, 11) is 0. The third kappa shape index (κ3) is 1.93. The van der Waals surface area contributed by atoms with Crippen LogP contribution in [0, 0.1) is 4.77 Å². The summed E-state index contributed by atoms with van der Waals surface area (Å²) >= 11 is 5.26. The predicted molar refractivity (Wildman–Crippen MR) is 67.8 cm³/mol. The Morgan fingerprint density at radius 3 is 2.69 bits per heavy atom. The highest BCUT2D eigenvalue weighted by Gasteiger charge is 2.12. The molecule has 0 spiro atoms. The minimum absolute atomic E-state index is 0.362. The average molecular weight is 233 g/mol. The Labute approximate surface area is 100 Å². The van der Waals surface area contributed by atoms with Gasteiger partial charge in [0.2, 0.25) is 0 Å². The number of hydrogen-bond donors (Lipinski definition) is 1. The Morgan fingerprint density at radius 1 is 1.38 bits per heavy atom. The van der Waals surface area contributed by atoms with Crippen molar-refractivity contribution in [3.8, 4) is 11.4 Å². The Balaban J connectivity index is 2.55. The molecule has 2 aromatic rings. The molecule has 1 N–H and O–H groups in total. The molecule has 1 aromatic heterocycles. The molecule has 4 heteroatoms. The predicted octanol–water partition coefficient (Wildman–Crippen LogP) is 3.58. The van der Waals surface area contributed by atoms with Crippen LogP contribution in [-0.4, -0.2) is 14.8 Å². The fourth-order valence-electron chi connectivity index (χ4n) is 1.69. The van der Waals surface area contributed by atoms with Gasteiger partial charge in [-0.3, -0.25) is 9.67 Å². The number of hydrogen-bond acceptors (Lipinski definition) is 2. The molecule has 0 fully saturated rings. The molecular formula is C12H15N3S. The summed E-state index contributed by atoms with van der Waals surface area (Å²) in [6, 6.07) is 10.5. The Bertz CT molecular complexity index is 513. The van der Waals surface area contributed by atoms with Gasteiger partial charge in [-0.25, -0.2) is 0 Å². The van der Waals surface area contributed by atoms with Crippen molar-refractivity contribution >= 4 is 12.2 Å². The minimum Gasteiger partial charge on any atom is -0.297 e. The summed E-state index contributed by atoms with van der Waals surface area (Å²) in [4.78, 5) is 0. The van der Waals surface area contributed by atoms with Crippen LogP contribution in [0.3, 0.4) is 0 Å². The molecule has 0 radical (unpaired) electrons. The highest BCUT2D eigenvalue weighted by atomic mass is 32.1. The number of aromatic nitrogens is 3. The van der Waals surface area contributed by atoms with E-state index in [-0.39, 0.29) is 0 Å². The zero-order chi connectivity index (χ0) is 11.5. The van der Waals surface area contributed by atoms with Crippen LogP contribution in [0.1, 0.15) is 26.3 Å². The first-order valence-corrected chi connectivity index (χ1v) is 5.87. The van der Waals surface area contributed by atoms with E-state index in [4.69, 9.17) is 12.2 Å². The van der Waals surface area contributed by atoms with Crippen molar-refractivity contribution in [2.24, 2.45) is 0 Å². The fraction of sp³-hybridized carbons (Fsp3) is 0.333. The normalized spacial score (nSPS) is 12.6. The van der Waals surface area contributed by atoms with E-state index in [1.54, 1.807) is 0 Å². The standard InChI is InChI=1S/C12H15N3S/c1-3-9(2)15-11(13-14-12(15)16)10-7-5-4-6-8-10/h4-9H,3H2,1-2H3,(H,14,16)/t9-/m1/s1. The molecular weight excluding hydrogens is 218 g/mol. The maximum atomic E-state index is 5.26. The smallest absolute Gasteiger partial charge is 0.195 e. The second-order valence-corrected chi connectivity index (χ2v) is 4.23. The van der Waals surface area contributed by atoms with Gasteiger partial charge in [-0.05, 0) is 25.6 Å². The second kappa shape index (κ2) is 4.61. The number of H-pyrrole nitrogens is 1. The van der Waals surface area contributed by atoms with E-state index in [0.29, 0.717) is 10.8 Å². The quantitative estimate of drug-likeness (QED) is 0.822. The molecule has 1 atom stereocenters. The van der Waals surface area contributed by atoms with Gasteiger partial charge in [0.1, 0.15) is 0 Å². The summed E-state index contributed by atoms with van der Waals surface area (Å²) in [6.45, 7) is 4.30. The number of nitrogens with one attached hydrogen (secondary N) is 1. The first-order chi connectivity index (χ1) is 7.74. The molecule has 84 valence electrons. The highest BCUT2D eigenvalue weighted by molar-refractivity contribution is 7.71. The maximum Gasteiger partial charge on any atom is 0.195 e. The summed E-state index contributed by atoms with van der Waals surface area (Å²) in [5, 5.41) is 7.17. The maximum absolute atomic E-state index is 5.26. The number of nitrogens with zero attached hydrogens (tertiary/aromatic N) is 2. The topological polar surface area (TPSA) is 33.6 Å². The largest absolute Gasteiger partial charge is 0.297 e. The van der Waals surface area contributed by atoms with Crippen molar-refractivity contribution < 1.29 is 0 Å². The molecule has 0 saturated heterocycles. The van der Waals surface area contributed by atoms with Gasteiger partial charge in [-0.2, -0.15) is 5.10 Å². The van der Waals surface area contributed by atoms with Gasteiger partial charge >= 0.3 is 0 Å². The fourth-order valence-corrected chi connectivity index (χ4v) is 2.00. The van der Waals surface area contributed by atoms with Crippen molar-refractivity contribution in [1.82, 2.24) is 14.8 Å². The molecule has 16 heavy (non-hydrogen) atoms. The lowest BCUT2D eigenvalue weighted by atomic mass is 10.2. The minimum atomic E-state index is 0.362. The SMILES string of the molecule is CC[C@@H](C)n1c(-c2ccccc2)n[nH]c1=S. The van der Waals surface area contributed by atoms with Crippen LogP contribution in [0.25, 0.3) is 11.4 Å². The van der Waals surface area contributed by atoms with Crippen LogP contribution >= 0.6 is 12.2 Å². The molecule has 3 nitrogen and oxygen atoms in total. The third-order valence-corrected chi connectivity index (χ3v) is 3.06. The summed E-state index contributed by atoms with van der Waals surface area (Å²) in [5.74, 6) is 0.917. The molecule has 2 rings (SSSR count). The zero-order valence-corrected chi connectivity index (χ0v) is 10.3. The lowest BCUT2D eigenvalue weighted by Crippen LogP contribution is -2.05. The Kier molecular flexibility index (Phi) is 3.19. The van der Waals surface area contributed by atoms with Gasteiger partial charge in [-0.15, -0.1) is 0 Å². The number of aromatic amines is 1. The van der Waals surface area contributed by atoms with Gasteiger partial charge in [0.05, 0.1) is 0 Å². The molecule has 0 saturated carbocycles. The molecule has 0 unspecified atom stereocenters. The van der Waals surface area contributed by atoms with Gasteiger partial charge in [0.25, 0.3) is 0 Å². The molecule has 0 bridgehead atoms. The molecule has 0 aliphatic heterocycles. The first-order valence-electron chi connectivity index (χ1n) is 5.46. The summed E-state index contributed by atoms with van der Waals surface area (Å²) in [5.41, 5.74) is 1.09. The Morgan fingerprint density at radius 2 is 2.06 bits per heavy atom. The van der Waals surface area contributed by atoms with E-state index in [9.17, 15) is 0 Å².